The third-order valence-corrected chi connectivity index (χ3v) is 6.46. The number of morpholine rings is 1. The van der Waals surface area contributed by atoms with Crippen molar-refractivity contribution in [2.75, 3.05) is 46.0 Å². The molecule has 2 aliphatic heterocycles. The number of hydrogen-bond acceptors (Lipinski definition) is 6. The topological polar surface area (TPSA) is 79.3 Å². The van der Waals surface area contributed by atoms with Gasteiger partial charge in [-0.2, -0.15) is 0 Å². The Kier molecular flexibility index (Phi) is 7.34. The maximum absolute atomic E-state index is 13.2. The number of carbonyl (C=O) groups is 2. The molecule has 0 unspecified atom stereocenters. The van der Waals surface area contributed by atoms with Crippen molar-refractivity contribution in [3.8, 4) is 5.75 Å². The van der Waals surface area contributed by atoms with Gasteiger partial charge in [-0.15, -0.1) is 0 Å². The van der Waals surface area contributed by atoms with Crippen LogP contribution >= 0.6 is 0 Å². The summed E-state index contributed by atoms with van der Waals surface area (Å²) in [6, 6.07) is 12.4. The highest BCUT2D eigenvalue weighted by Crippen LogP contribution is 2.40. The predicted octanol–water partition coefficient (Wildman–Crippen LogP) is 3.46. The Balaban J connectivity index is 1.74. The van der Waals surface area contributed by atoms with Crippen LogP contribution in [0.2, 0.25) is 0 Å². The number of aliphatic hydroxyl groups is 1. The fraction of sp³-hybridized carbons (Fsp3) is 0.407. The van der Waals surface area contributed by atoms with Crippen molar-refractivity contribution in [2.45, 2.75) is 26.8 Å². The van der Waals surface area contributed by atoms with Gasteiger partial charge in [-0.05, 0) is 50.1 Å². The molecule has 0 aromatic heterocycles. The molecule has 2 aliphatic rings. The van der Waals surface area contributed by atoms with Crippen molar-refractivity contribution in [3.63, 3.8) is 0 Å². The molecule has 180 valence electrons. The van der Waals surface area contributed by atoms with E-state index in [-0.39, 0.29) is 11.3 Å². The van der Waals surface area contributed by atoms with Gasteiger partial charge >= 0.3 is 0 Å². The largest absolute Gasteiger partial charge is 0.507 e. The first-order valence-electron chi connectivity index (χ1n) is 11.8. The van der Waals surface area contributed by atoms with Crippen molar-refractivity contribution < 1.29 is 24.2 Å². The Morgan fingerprint density at radius 1 is 1.06 bits per heavy atom. The van der Waals surface area contributed by atoms with Gasteiger partial charge in [0.1, 0.15) is 11.5 Å². The fourth-order valence-electron chi connectivity index (χ4n) is 4.58. The number of benzene rings is 2. The molecule has 0 spiro atoms. The summed E-state index contributed by atoms with van der Waals surface area (Å²) in [5, 5.41) is 11.3. The number of hydrogen-bond donors (Lipinski definition) is 1. The second kappa shape index (κ2) is 10.4. The minimum absolute atomic E-state index is 0.128. The Morgan fingerprint density at radius 2 is 1.76 bits per heavy atom. The molecule has 2 fully saturated rings. The van der Waals surface area contributed by atoms with Crippen LogP contribution < -0.4 is 4.74 Å². The number of rotatable bonds is 7. The first kappa shape index (κ1) is 24.0. The van der Waals surface area contributed by atoms with E-state index in [4.69, 9.17) is 9.47 Å². The van der Waals surface area contributed by atoms with Crippen molar-refractivity contribution >= 4 is 17.4 Å². The standard InChI is InChI=1S/C27H32N2O5/c1-4-34-21-9-10-22(19(3)17-21)25(30)23-24(20-7-5-18(2)6-8-20)29(27(32)26(23)31)12-11-28-13-15-33-16-14-28/h5-10,17,24,30H,4,11-16H2,1-3H3/t24-/m0/s1. The average molecular weight is 465 g/mol. The van der Waals surface area contributed by atoms with Crippen LogP contribution in [-0.2, 0) is 14.3 Å². The molecule has 1 amide bonds. The molecule has 0 radical (unpaired) electrons. The third-order valence-electron chi connectivity index (χ3n) is 6.46. The summed E-state index contributed by atoms with van der Waals surface area (Å²) in [6.45, 7) is 10.2. The number of amides is 1. The average Bonchev–Trinajstić information content (AvgIpc) is 3.08. The van der Waals surface area contributed by atoms with E-state index in [0.29, 0.717) is 44.2 Å². The molecule has 1 N–H and O–H groups in total. The summed E-state index contributed by atoms with van der Waals surface area (Å²) in [4.78, 5) is 30.2. The van der Waals surface area contributed by atoms with Gasteiger partial charge in [0.2, 0.25) is 0 Å². The lowest BCUT2D eigenvalue weighted by atomic mass is 9.93. The molecule has 34 heavy (non-hydrogen) atoms. The molecule has 7 nitrogen and oxygen atoms in total. The van der Waals surface area contributed by atoms with E-state index in [1.807, 2.05) is 51.1 Å². The Hall–Kier alpha value is -3.16. The first-order valence-corrected chi connectivity index (χ1v) is 11.8. The number of likely N-dealkylation sites (tertiary alicyclic amines) is 1. The smallest absolute Gasteiger partial charge is 0.295 e. The molecule has 2 heterocycles. The highest BCUT2D eigenvalue weighted by molar-refractivity contribution is 6.46. The van der Waals surface area contributed by atoms with Gasteiger partial charge in [0.25, 0.3) is 11.7 Å². The van der Waals surface area contributed by atoms with Gasteiger partial charge in [-0.25, -0.2) is 0 Å². The number of aryl methyl sites for hydroxylation is 2. The first-order chi connectivity index (χ1) is 16.4. The molecule has 0 bridgehead atoms. The Bertz CT molecular complexity index is 1090. The Labute approximate surface area is 200 Å². The number of ether oxygens (including phenoxy) is 2. The normalized spacial score (nSPS) is 20.7. The zero-order valence-electron chi connectivity index (χ0n) is 20.0. The van der Waals surface area contributed by atoms with Gasteiger partial charge < -0.3 is 19.5 Å². The summed E-state index contributed by atoms with van der Waals surface area (Å²) in [5.74, 6) is -0.696. The molecule has 2 aromatic rings. The molecule has 4 rings (SSSR count). The lowest BCUT2D eigenvalue weighted by molar-refractivity contribution is -0.140. The maximum Gasteiger partial charge on any atom is 0.295 e. The van der Waals surface area contributed by atoms with E-state index in [2.05, 4.69) is 4.90 Å². The second-order valence-electron chi connectivity index (χ2n) is 8.77. The van der Waals surface area contributed by atoms with Crippen LogP contribution in [0.25, 0.3) is 5.76 Å². The van der Waals surface area contributed by atoms with Gasteiger partial charge in [-0.1, -0.05) is 29.8 Å². The summed E-state index contributed by atoms with van der Waals surface area (Å²) in [5.41, 5.74) is 3.30. The van der Waals surface area contributed by atoms with E-state index in [1.165, 1.54) is 0 Å². The summed E-state index contributed by atoms with van der Waals surface area (Å²) in [7, 11) is 0. The van der Waals surface area contributed by atoms with E-state index < -0.39 is 17.7 Å². The summed E-state index contributed by atoms with van der Waals surface area (Å²) >= 11 is 0. The number of carbonyl (C=O) groups excluding carboxylic acids is 2. The highest BCUT2D eigenvalue weighted by Gasteiger charge is 2.46. The number of aliphatic hydroxyl groups excluding tert-OH is 1. The monoisotopic (exact) mass is 464 g/mol. The molecule has 2 saturated heterocycles. The van der Waals surface area contributed by atoms with Gasteiger partial charge in [-0.3, -0.25) is 14.5 Å². The molecule has 1 atom stereocenters. The van der Waals surface area contributed by atoms with E-state index in [1.54, 1.807) is 17.0 Å². The SMILES string of the molecule is CCOc1ccc(C(O)=C2C(=O)C(=O)N(CCN3CCOCC3)[C@H]2c2ccc(C)cc2)c(C)c1. The molecule has 0 saturated carbocycles. The third kappa shape index (κ3) is 4.86. The van der Waals surface area contributed by atoms with Crippen molar-refractivity contribution in [1.29, 1.82) is 0 Å². The van der Waals surface area contributed by atoms with Crippen LogP contribution in [0.4, 0.5) is 0 Å². The van der Waals surface area contributed by atoms with Crippen LogP contribution in [0, 0.1) is 13.8 Å². The zero-order chi connectivity index (χ0) is 24.2. The molecular formula is C27H32N2O5. The maximum atomic E-state index is 13.2. The van der Waals surface area contributed by atoms with Crippen molar-refractivity contribution in [3.05, 3.63) is 70.3 Å². The lowest BCUT2D eigenvalue weighted by Crippen LogP contribution is -2.42. The summed E-state index contributed by atoms with van der Waals surface area (Å²) < 4.78 is 11.0. The number of ketones is 1. The molecule has 7 heteroatoms. The fourth-order valence-corrected chi connectivity index (χ4v) is 4.58. The molecule has 0 aliphatic carbocycles. The van der Waals surface area contributed by atoms with E-state index in [9.17, 15) is 14.7 Å². The predicted molar refractivity (Wildman–Crippen MR) is 130 cm³/mol. The zero-order valence-corrected chi connectivity index (χ0v) is 20.0. The number of nitrogens with zero attached hydrogens (tertiary/aromatic N) is 2. The van der Waals surface area contributed by atoms with Crippen molar-refractivity contribution in [1.82, 2.24) is 9.80 Å². The molecule has 2 aromatic carbocycles. The van der Waals surface area contributed by atoms with E-state index in [0.717, 1.165) is 29.8 Å². The van der Waals surface area contributed by atoms with Crippen LogP contribution in [-0.4, -0.2) is 72.6 Å². The molecular weight excluding hydrogens is 432 g/mol. The highest BCUT2D eigenvalue weighted by atomic mass is 16.5. The lowest BCUT2D eigenvalue weighted by Gasteiger charge is -2.31. The van der Waals surface area contributed by atoms with E-state index >= 15 is 0 Å². The number of Topliss-reactive ketones (excluding diaryl/α,β-unsaturated/α-hetero) is 1. The van der Waals surface area contributed by atoms with Gasteiger partial charge in [0, 0.05) is 31.7 Å². The van der Waals surface area contributed by atoms with Gasteiger partial charge in [0.15, 0.2) is 0 Å². The Morgan fingerprint density at radius 3 is 2.41 bits per heavy atom. The van der Waals surface area contributed by atoms with Crippen LogP contribution in [0.1, 0.15) is 35.2 Å². The van der Waals surface area contributed by atoms with Crippen molar-refractivity contribution in [2.24, 2.45) is 0 Å². The van der Waals surface area contributed by atoms with Crippen LogP contribution in [0.15, 0.2) is 48.0 Å². The minimum Gasteiger partial charge on any atom is -0.507 e. The van der Waals surface area contributed by atoms with Gasteiger partial charge in [0.05, 0.1) is 31.4 Å². The second-order valence-corrected chi connectivity index (χ2v) is 8.77. The van der Waals surface area contributed by atoms with Crippen LogP contribution in [0.3, 0.4) is 0 Å². The quantitative estimate of drug-likeness (QED) is 0.384. The summed E-state index contributed by atoms with van der Waals surface area (Å²) in [6.07, 6.45) is 0. The minimum atomic E-state index is -0.654. The van der Waals surface area contributed by atoms with Crippen LogP contribution in [0.5, 0.6) is 5.75 Å².